The van der Waals surface area contributed by atoms with Crippen LogP contribution in [0, 0.1) is 0 Å². The molecule has 0 aromatic carbocycles. The van der Waals surface area contributed by atoms with Crippen molar-refractivity contribution >= 4 is 11.9 Å². The second-order valence-corrected chi connectivity index (χ2v) is 4.56. The summed E-state index contributed by atoms with van der Waals surface area (Å²) in [5.41, 5.74) is -0.199. The molecule has 0 aromatic rings. The van der Waals surface area contributed by atoms with Gasteiger partial charge in [0.15, 0.2) is 5.78 Å². The molecule has 16 heavy (non-hydrogen) atoms. The predicted octanol–water partition coefficient (Wildman–Crippen LogP) is 0.862. The van der Waals surface area contributed by atoms with Crippen molar-refractivity contribution in [2.75, 3.05) is 27.7 Å². The number of rotatable bonds is 1. The molecular weight excluding hydrogens is 208 g/mol. The SMILES string of the molecule is COC(=O)N1CC(=CN(C)C)C(=O)C1(C)C. The van der Waals surface area contributed by atoms with Gasteiger partial charge in [-0.05, 0) is 13.8 Å². The van der Waals surface area contributed by atoms with Crippen molar-refractivity contribution in [2.24, 2.45) is 0 Å². The Morgan fingerprint density at radius 3 is 2.50 bits per heavy atom. The standard InChI is InChI=1S/C11H18N2O3/c1-11(2)9(14)8(6-12(3)4)7-13(11)10(15)16-5/h6H,7H2,1-5H3. The topological polar surface area (TPSA) is 49.9 Å². The molecule has 0 saturated carbocycles. The van der Waals surface area contributed by atoms with Crippen LogP contribution in [-0.4, -0.2) is 55.0 Å². The lowest BCUT2D eigenvalue weighted by Gasteiger charge is -2.27. The Morgan fingerprint density at radius 1 is 1.50 bits per heavy atom. The molecule has 1 amide bonds. The van der Waals surface area contributed by atoms with Gasteiger partial charge >= 0.3 is 6.09 Å². The highest BCUT2D eigenvalue weighted by Crippen LogP contribution is 2.29. The molecule has 1 saturated heterocycles. The zero-order valence-electron chi connectivity index (χ0n) is 10.4. The van der Waals surface area contributed by atoms with Crippen LogP contribution >= 0.6 is 0 Å². The van der Waals surface area contributed by atoms with Crippen molar-refractivity contribution < 1.29 is 14.3 Å². The number of amides is 1. The molecule has 0 unspecified atom stereocenters. The molecule has 0 aromatic heterocycles. The van der Waals surface area contributed by atoms with Crippen LogP contribution in [-0.2, 0) is 9.53 Å². The summed E-state index contributed by atoms with van der Waals surface area (Å²) in [5.74, 6) is -0.0356. The third kappa shape index (κ3) is 2.03. The number of hydrogen-bond acceptors (Lipinski definition) is 4. The highest BCUT2D eigenvalue weighted by molar-refractivity contribution is 6.07. The van der Waals surface area contributed by atoms with Gasteiger partial charge in [0.25, 0.3) is 0 Å². The number of ketones is 1. The van der Waals surface area contributed by atoms with Gasteiger partial charge in [0.1, 0.15) is 5.54 Å². The molecular formula is C11H18N2O3. The van der Waals surface area contributed by atoms with E-state index >= 15 is 0 Å². The summed E-state index contributed by atoms with van der Waals surface area (Å²) in [6.07, 6.45) is 1.27. The third-order valence-corrected chi connectivity index (χ3v) is 2.66. The Morgan fingerprint density at radius 2 is 2.06 bits per heavy atom. The van der Waals surface area contributed by atoms with Crippen LogP contribution in [0.3, 0.4) is 0 Å². The molecule has 1 aliphatic heterocycles. The minimum absolute atomic E-state index is 0.0356. The van der Waals surface area contributed by atoms with E-state index in [0.717, 1.165) is 0 Å². The maximum Gasteiger partial charge on any atom is 0.410 e. The van der Waals surface area contributed by atoms with Gasteiger partial charge in [-0.3, -0.25) is 9.69 Å². The zero-order valence-corrected chi connectivity index (χ0v) is 10.4. The first-order valence-electron chi connectivity index (χ1n) is 5.08. The second kappa shape index (κ2) is 4.15. The fourth-order valence-corrected chi connectivity index (χ4v) is 1.77. The second-order valence-electron chi connectivity index (χ2n) is 4.56. The minimum atomic E-state index is -0.824. The van der Waals surface area contributed by atoms with Gasteiger partial charge in [-0.25, -0.2) is 4.79 Å². The Hall–Kier alpha value is -1.52. The fourth-order valence-electron chi connectivity index (χ4n) is 1.77. The molecule has 0 spiro atoms. The van der Waals surface area contributed by atoms with E-state index < -0.39 is 11.6 Å². The Labute approximate surface area is 95.6 Å². The monoisotopic (exact) mass is 226 g/mol. The molecule has 1 fully saturated rings. The molecule has 0 N–H and O–H groups in total. The number of methoxy groups -OCH3 is 1. The number of Topliss-reactive ketones (excluding diaryl/α,β-unsaturated/α-hetero) is 1. The average molecular weight is 226 g/mol. The van der Waals surface area contributed by atoms with Crippen LogP contribution in [0.1, 0.15) is 13.8 Å². The van der Waals surface area contributed by atoms with Crippen molar-refractivity contribution in [1.29, 1.82) is 0 Å². The summed E-state index contributed by atoms with van der Waals surface area (Å²) in [7, 11) is 5.00. The number of carbonyl (C=O) groups excluding carboxylic acids is 2. The number of hydrogen-bond donors (Lipinski definition) is 0. The van der Waals surface area contributed by atoms with Crippen LogP contribution in [0.15, 0.2) is 11.8 Å². The van der Waals surface area contributed by atoms with Crippen molar-refractivity contribution in [1.82, 2.24) is 9.80 Å². The largest absolute Gasteiger partial charge is 0.453 e. The summed E-state index contributed by atoms with van der Waals surface area (Å²) in [6.45, 7) is 3.75. The van der Waals surface area contributed by atoms with E-state index in [1.165, 1.54) is 12.0 Å². The maximum absolute atomic E-state index is 12.0. The third-order valence-electron chi connectivity index (χ3n) is 2.66. The number of likely N-dealkylation sites (tertiary alicyclic amines) is 1. The number of nitrogens with zero attached hydrogens (tertiary/aromatic N) is 2. The molecule has 1 rings (SSSR count). The van der Waals surface area contributed by atoms with Gasteiger partial charge in [0.2, 0.25) is 0 Å². The van der Waals surface area contributed by atoms with Gasteiger partial charge in [0, 0.05) is 25.9 Å². The minimum Gasteiger partial charge on any atom is -0.453 e. The van der Waals surface area contributed by atoms with E-state index in [2.05, 4.69) is 4.74 Å². The predicted molar refractivity (Wildman–Crippen MR) is 60.0 cm³/mol. The van der Waals surface area contributed by atoms with Crippen molar-refractivity contribution in [2.45, 2.75) is 19.4 Å². The van der Waals surface area contributed by atoms with E-state index in [4.69, 9.17) is 0 Å². The Bertz CT molecular complexity index is 345. The Balaban J connectivity index is 3.03. The molecule has 5 heteroatoms. The summed E-state index contributed by atoms with van der Waals surface area (Å²) in [4.78, 5) is 26.8. The summed E-state index contributed by atoms with van der Waals surface area (Å²) in [6, 6.07) is 0. The maximum atomic E-state index is 12.0. The van der Waals surface area contributed by atoms with Crippen LogP contribution in [0.2, 0.25) is 0 Å². The molecule has 1 heterocycles. The average Bonchev–Trinajstić information content (AvgIpc) is 2.40. The van der Waals surface area contributed by atoms with E-state index in [-0.39, 0.29) is 5.78 Å². The summed E-state index contributed by atoms with van der Waals surface area (Å²) in [5, 5.41) is 0. The molecule has 0 aliphatic carbocycles. The van der Waals surface area contributed by atoms with Crippen molar-refractivity contribution in [3.8, 4) is 0 Å². The Kier molecular flexibility index (Phi) is 3.26. The zero-order chi connectivity index (χ0) is 12.5. The highest BCUT2D eigenvalue weighted by atomic mass is 16.5. The van der Waals surface area contributed by atoms with Crippen LogP contribution in [0.4, 0.5) is 4.79 Å². The summed E-state index contributed by atoms with van der Waals surface area (Å²) >= 11 is 0. The van der Waals surface area contributed by atoms with Crippen molar-refractivity contribution in [3.05, 3.63) is 11.8 Å². The molecule has 1 aliphatic rings. The molecule has 90 valence electrons. The fraction of sp³-hybridized carbons (Fsp3) is 0.636. The summed E-state index contributed by atoms with van der Waals surface area (Å²) < 4.78 is 4.67. The first-order valence-corrected chi connectivity index (χ1v) is 5.08. The molecule has 0 atom stereocenters. The van der Waals surface area contributed by atoms with Crippen LogP contribution in [0.5, 0.6) is 0 Å². The first-order chi connectivity index (χ1) is 7.30. The van der Waals surface area contributed by atoms with Gasteiger partial charge in [-0.2, -0.15) is 0 Å². The number of ether oxygens (including phenoxy) is 1. The number of carbonyl (C=O) groups is 2. The lowest BCUT2D eigenvalue weighted by molar-refractivity contribution is -0.120. The lowest BCUT2D eigenvalue weighted by Crippen LogP contribution is -2.46. The highest BCUT2D eigenvalue weighted by Gasteiger charge is 2.46. The molecule has 5 nitrogen and oxygen atoms in total. The van der Waals surface area contributed by atoms with Gasteiger partial charge in [-0.15, -0.1) is 0 Å². The lowest BCUT2D eigenvalue weighted by atomic mass is 9.99. The smallest absolute Gasteiger partial charge is 0.410 e. The van der Waals surface area contributed by atoms with E-state index in [1.54, 1.807) is 24.9 Å². The van der Waals surface area contributed by atoms with Gasteiger partial charge < -0.3 is 9.64 Å². The van der Waals surface area contributed by atoms with Crippen molar-refractivity contribution in [3.63, 3.8) is 0 Å². The van der Waals surface area contributed by atoms with E-state index in [0.29, 0.717) is 12.1 Å². The van der Waals surface area contributed by atoms with Crippen LogP contribution < -0.4 is 0 Å². The molecule has 0 radical (unpaired) electrons. The van der Waals surface area contributed by atoms with Gasteiger partial charge in [0.05, 0.1) is 13.7 Å². The molecule has 0 bridgehead atoms. The van der Waals surface area contributed by atoms with Gasteiger partial charge in [-0.1, -0.05) is 0 Å². The first kappa shape index (κ1) is 12.5. The quantitative estimate of drug-likeness (QED) is 0.622. The van der Waals surface area contributed by atoms with E-state index in [1.807, 2.05) is 14.1 Å². The van der Waals surface area contributed by atoms with Crippen LogP contribution in [0.25, 0.3) is 0 Å². The normalized spacial score (nSPS) is 21.4. The van der Waals surface area contributed by atoms with E-state index in [9.17, 15) is 9.59 Å².